The van der Waals surface area contributed by atoms with Gasteiger partial charge in [0.15, 0.2) is 0 Å². The zero-order chi connectivity index (χ0) is 13.4. The van der Waals surface area contributed by atoms with Crippen molar-refractivity contribution >= 4 is 11.6 Å². The van der Waals surface area contributed by atoms with Crippen LogP contribution >= 0.6 is 0 Å². The fourth-order valence-corrected chi connectivity index (χ4v) is 1.58. The van der Waals surface area contributed by atoms with Crippen LogP contribution in [0.25, 0.3) is 0 Å². The van der Waals surface area contributed by atoms with Gasteiger partial charge in [-0.05, 0) is 37.1 Å². The summed E-state index contributed by atoms with van der Waals surface area (Å²) in [6.07, 6.45) is 0.722. The van der Waals surface area contributed by atoms with E-state index in [1.807, 2.05) is 6.92 Å². The Kier molecular flexibility index (Phi) is 6.18. The van der Waals surface area contributed by atoms with E-state index >= 15 is 0 Å². The lowest BCUT2D eigenvalue weighted by molar-refractivity contribution is 0.0867. The predicted molar refractivity (Wildman–Crippen MR) is 70.4 cm³/mol. The van der Waals surface area contributed by atoms with E-state index in [0.29, 0.717) is 31.0 Å². The van der Waals surface area contributed by atoms with Crippen LogP contribution in [0.5, 0.6) is 0 Å². The highest BCUT2D eigenvalue weighted by molar-refractivity contribution is 5.95. The summed E-state index contributed by atoms with van der Waals surface area (Å²) in [6.45, 7) is 3.30. The van der Waals surface area contributed by atoms with E-state index in [4.69, 9.17) is 15.6 Å². The number of carbonyl (C=O) groups is 1. The van der Waals surface area contributed by atoms with E-state index in [1.54, 1.807) is 18.2 Å². The Morgan fingerprint density at radius 3 is 2.89 bits per heavy atom. The fourth-order valence-electron chi connectivity index (χ4n) is 1.58. The summed E-state index contributed by atoms with van der Waals surface area (Å²) in [4.78, 5) is 11.8. The first-order valence-electron chi connectivity index (χ1n) is 5.98. The van der Waals surface area contributed by atoms with Crippen LogP contribution in [-0.2, 0) is 4.74 Å². The van der Waals surface area contributed by atoms with Crippen LogP contribution < -0.4 is 11.1 Å². The summed E-state index contributed by atoms with van der Waals surface area (Å²) in [5, 5.41) is 11.3. The molecule has 0 saturated heterocycles. The molecular formula is C13H20N2O3. The van der Waals surface area contributed by atoms with Crippen molar-refractivity contribution < 1.29 is 14.6 Å². The van der Waals surface area contributed by atoms with Crippen molar-refractivity contribution in [3.63, 3.8) is 0 Å². The van der Waals surface area contributed by atoms with Crippen molar-refractivity contribution in [3.8, 4) is 0 Å². The monoisotopic (exact) mass is 252 g/mol. The Morgan fingerprint density at radius 2 is 2.22 bits per heavy atom. The number of ether oxygens (including phenoxy) is 1. The number of hydrogen-bond donors (Lipinski definition) is 3. The fraction of sp³-hybridized carbons (Fsp3) is 0.462. The zero-order valence-electron chi connectivity index (χ0n) is 10.6. The number of hydrogen-bond acceptors (Lipinski definition) is 4. The Morgan fingerprint density at radius 1 is 1.44 bits per heavy atom. The molecule has 0 spiro atoms. The number of nitrogen functional groups attached to an aromatic ring is 1. The molecule has 0 bridgehead atoms. The molecule has 0 aliphatic carbocycles. The first kappa shape index (κ1) is 14.5. The molecule has 1 aromatic carbocycles. The molecule has 1 amide bonds. The Bertz CT molecular complexity index is 394. The summed E-state index contributed by atoms with van der Waals surface area (Å²) < 4.78 is 5.09. The number of nitrogens with two attached hydrogens (primary N) is 1. The zero-order valence-corrected chi connectivity index (χ0v) is 10.6. The van der Waals surface area contributed by atoms with Gasteiger partial charge in [0.2, 0.25) is 0 Å². The number of aliphatic hydroxyl groups excluding tert-OH is 1. The van der Waals surface area contributed by atoms with Crippen molar-refractivity contribution in [3.05, 3.63) is 29.3 Å². The molecule has 0 fully saturated rings. The smallest absolute Gasteiger partial charge is 0.251 e. The molecule has 5 nitrogen and oxygen atoms in total. The Labute approximate surface area is 107 Å². The number of aryl methyl sites for hydroxylation is 1. The van der Waals surface area contributed by atoms with Crippen LogP contribution in [0.2, 0.25) is 0 Å². The molecule has 0 radical (unpaired) electrons. The molecule has 0 aromatic heterocycles. The van der Waals surface area contributed by atoms with E-state index < -0.39 is 0 Å². The maximum absolute atomic E-state index is 11.8. The van der Waals surface area contributed by atoms with E-state index in [0.717, 1.165) is 12.0 Å². The standard InChI is InChI=1S/C13H20N2O3/c1-10-9-11(14)3-4-12(10)13(17)15-5-2-7-18-8-6-16/h3-4,9,16H,2,5-8,14H2,1H3,(H,15,17). The second kappa shape index (κ2) is 7.68. The van der Waals surface area contributed by atoms with E-state index in [9.17, 15) is 4.79 Å². The largest absolute Gasteiger partial charge is 0.399 e. The minimum Gasteiger partial charge on any atom is -0.399 e. The average molecular weight is 252 g/mol. The van der Waals surface area contributed by atoms with Gasteiger partial charge in [0.25, 0.3) is 5.91 Å². The highest BCUT2D eigenvalue weighted by Crippen LogP contribution is 2.12. The predicted octanol–water partition coefficient (Wildman–Crippen LogP) is 0.706. The summed E-state index contributed by atoms with van der Waals surface area (Å²) in [5.41, 5.74) is 7.79. The third kappa shape index (κ3) is 4.73. The molecule has 5 heteroatoms. The molecule has 0 unspecified atom stereocenters. The van der Waals surface area contributed by atoms with Crippen molar-refractivity contribution in [2.75, 3.05) is 32.1 Å². The van der Waals surface area contributed by atoms with Crippen molar-refractivity contribution in [1.82, 2.24) is 5.32 Å². The number of anilines is 1. The van der Waals surface area contributed by atoms with Crippen LogP contribution in [0.1, 0.15) is 22.3 Å². The van der Waals surface area contributed by atoms with Gasteiger partial charge in [-0.3, -0.25) is 4.79 Å². The number of benzene rings is 1. The molecule has 4 N–H and O–H groups in total. The minimum atomic E-state index is -0.102. The Balaban J connectivity index is 2.32. The number of rotatable bonds is 7. The quantitative estimate of drug-likeness (QED) is 0.493. The second-order valence-corrected chi connectivity index (χ2v) is 4.02. The van der Waals surface area contributed by atoms with Gasteiger partial charge in [-0.1, -0.05) is 0 Å². The maximum Gasteiger partial charge on any atom is 0.251 e. The van der Waals surface area contributed by atoms with E-state index in [1.165, 1.54) is 0 Å². The summed E-state index contributed by atoms with van der Waals surface area (Å²) in [6, 6.07) is 5.22. The number of carbonyl (C=O) groups excluding carboxylic acids is 1. The number of amides is 1. The minimum absolute atomic E-state index is 0.0248. The van der Waals surface area contributed by atoms with Gasteiger partial charge < -0.3 is 20.9 Å². The van der Waals surface area contributed by atoms with Crippen LogP contribution in [0.4, 0.5) is 5.69 Å². The molecule has 0 aliphatic heterocycles. The first-order valence-corrected chi connectivity index (χ1v) is 5.98. The van der Waals surface area contributed by atoms with Gasteiger partial charge in [0.1, 0.15) is 0 Å². The SMILES string of the molecule is Cc1cc(N)ccc1C(=O)NCCCOCCO. The highest BCUT2D eigenvalue weighted by atomic mass is 16.5. The normalized spacial score (nSPS) is 10.3. The second-order valence-electron chi connectivity index (χ2n) is 4.02. The highest BCUT2D eigenvalue weighted by Gasteiger charge is 2.07. The van der Waals surface area contributed by atoms with Crippen LogP contribution in [0.15, 0.2) is 18.2 Å². The third-order valence-electron chi connectivity index (χ3n) is 2.48. The Hall–Kier alpha value is -1.59. The third-order valence-corrected chi connectivity index (χ3v) is 2.48. The molecule has 18 heavy (non-hydrogen) atoms. The first-order chi connectivity index (χ1) is 8.65. The molecule has 1 rings (SSSR count). The van der Waals surface area contributed by atoms with Gasteiger partial charge in [0, 0.05) is 24.4 Å². The average Bonchev–Trinajstić information content (AvgIpc) is 2.33. The summed E-state index contributed by atoms with van der Waals surface area (Å²) in [7, 11) is 0. The van der Waals surface area contributed by atoms with Crippen molar-refractivity contribution in [1.29, 1.82) is 0 Å². The van der Waals surface area contributed by atoms with Crippen LogP contribution in [0.3, 0.4) is 0 Å². The van der Waals surface area contributed by atoms with Gasteiger partial charge in [-0.2, -0.15) is 0 Å². The van der Waals surface area contributed by atoms with Gasteiger partial charge in [0.05, 0.1) is 13.2 Å². The van der Waals surface area contributed by atoms with Crippen molar-refractivity contribution in [2.24, 2.45) is 0 Å². The lowest BCUT2D eigenvalue weighted by Crippen LogP contribution is -2.26. The number of nitrogens with one attached hydrogen (secondary N) is 1. The molecule has 0 atom stereocenters. The van der Waals surface area contributed by atoms with E-state index in [2.05, 4.69) is 5.32 Å². The molecule has 0 aliphatic rings. The van der Waals surface area contributed by atoms with E-state index in [-0.39, 0.29) is 12.5 Å². The maximum atomic E-state index is 11.8. The lowest BCUT2D eigenvalue weighted by atomic mass is 10.1. The molecule has 100 valence electrons. The molecule has 1 aromatic rings. The van der Waals surface area contributed by atoms with Gasteiger partial charge in [-0.25, -0.2) is 0 Å². The molecule has 0 heterocycles. The van der Waals surface area contributed by atoms with Gasteiger partial charge in [-0.15, -0.1) is 0 Å². The molecule has 0 saturated carbocycles. The van der Waals surface area contributed by atoms with Crippen LogP contribution in [-0.4, -0.2) is 37.4 Å². The lowest BCUT2D eigenvalue weighted by Gasteiger charge is -2.08. The van der Waals surface area contributed by atoms with Crippen LogP contribution in [0, 0.1) is 6.92 Å². The number of aliphatic hydroxyl groups is 1. The summed E-state index contributed by atoms with van der Waals surface area (Å²) in [5.74, 6) is -0.102. The summed E-state index contributed by atoms with van der Waals surface area (Å²) >= 11 is 0. The van der Waals surface area contributed by atoms with Crippen molar-refractivity contribution in [2.45, 2.75) is 13.3 Å². The topological polar surface area (TPSA) is 84.6 Å². The molecular weight excluding hydrogens is 232 g/mol. The van der Waals surface area contributed by atoms with Gasteiger partial charge >= 0.3 is 0 Å².